The Kier molecular flexibility index (Phi) is 12.5. The van der Waals surface area contributed by atoms with Crippen LogP contribution in [0.25, 0.3) is 27.5 Å². The van der Waals surface area contributed by atoms with E-state index in [4.69, 9.17) is 0 Å². The van der Waals surface area contributed by atoms with Crippen LogP contribution in [0.1, 0.15) is 22.3 Å². The van der Waals surface area contributed by atoms with Gasteiger partial charge in [0.15, 0.2) is 0 Å². The molecule has 0 N–H and O–H groups in total. The van der Waals surface area contributed by atoms with Gasteiger partial charge in [-0.2, -0.15) is 35.0 Å². The first-order valence-corrected chi connectivity index (χ1v) is 22.4. The predicted octanol–water partition coefficient (Wildman–Crippen LogP) is 12.9. The van der Waals surface area contributed by atoms with E-state index in [1.54, 1.807) is 0 Å². The molecule has 0 radical (unpaired) electrons. The molecule has 0 saturated heterocycles. The Balaban J connectivity index is 0.00000277. The summed E-state index contributed by atoms with van der Waals surface area (Å²) in [6.45, 7) is 16.8. The second-order valence-electron chi connectivity index (χ2n) is 17.3. The first kappa shape index (κ1) is 45.8. The molecule has 0 bridgehead atoms. The molecule has 4 aliphatic rings. The molecule has 0 aliphatic carbocycles. The van der Waals surface area contributed by atoms with Gasteiger partial charge in [-0.05, 0) is 126 Å². The topological polar surface area (TPSA) is 30.9 Å². The normalized spacial score (nSPS) is 15.2. The second kappa shape index (κ2) is 18.9. The molecule has 0 unspecified atom stereocenters. The third kappa shape index (κ3) is 8.86. The third-order valence-electron chi connectivity index (χ3n) is 12.5. The van der Waals surface area contributed by atoms with Crippen LogP contribution in [-0.2, 0) is 42.1 Å². The van der Waals surface area contributed by atoms with Gasteiger partial charge >= 0.3 is 42.1 Å². The van der Waals surface area contributed by atoms with E-state index in [9.17, 15) is 0 Å². The second-order valence-corrected chi connectivity index (χ2v) is 17.3. The Morgan fingerprint density at radius 2 is 0.580 bits per heavy atom. The number of aryl methyl sites for hydroxylation is 4. The molecule has 5 heterocycles. The van der Waals surface area contributed by atoms with Crippen LogP contribution in [0, 0.1) is 78.6 Å². The Morgan fingerprint density at radius 1 is 0.304 bits per heavy atom. The molecule has 0 atom stereocenters. The number of benzene rings is 7. The molecule has 69 heavy (non-hydrogen) atoms. The van der Waals surface area contributed by atoms with Crippen molar-refractivity contribution in [1.29, 1.82) is 0 Å². The smallest absolute Gasteiger partial charge is 0.519 e. The van der Waals surface area contributed by atoms with Crippen LogP contribution in [0.5, 0.6) is 0 Å². The van der Waals surface area contributed by atoms with Gasteiger partial charge in [0.25, 0.3) is 0 Å². The fourth-order valence-electron chi connectivity index (χ4n) is 8.70. The largest absolute Gasteiger partial charge is 4.00 e. The van der Waals surface area contributed by atoms with Gasteiger partial charge in [0.05, 0.1) is 0 Å². The number of aromatic nitrogens is 1. The van der Waals surface area contributed by atoms with Crippen molar-refractivity contribution in [2.75, 3.05) is 39.2 Å². The maximum atomic E-state index is 3.86. The molecule has 0 fully saturated rings. The zero-order chi connectivity index (χ0) is 45.2. The molecule has 342 valence electrons. The van der Waals surface area contributed by atoms with Crippen molar-refractivity contribution in [3.05, 3.63) is 250 Å². The van der Waals surface area contributed by atoms with Crippen molar-refractivity contribution in [3.63, 3.8) is 0 Å². The van der Waals surface area contributed by atoms with Crippen LogP contribution < -0.4 is 39.2 Å². The molecule has 0 spiro atoms. The van der Waals surface area contributed by atoms with Crippen molar-refractivity contribution in [3.8, 4) is 5.69 Å². The van der Waals surface area contributed by atoms with E-state index in [-0.39, 0.29) is 42.1 Å². The molecule has 0 amide bonds. The Bertz CT molecular complexity index is 3070. The van der Waals surface area contributed by atoms with Gasteiger partial charge < -0.3 is 55.9 Å². The molecule has 9 nitrogen and oxygen atoms in total. The average molecular weight is 1260 g/mol. The van der Waals surface area contributed by atoms with Crippen LogP contribution in [0.3, 0.4) is 0 Å². The first-order valence-electron chi connectivity index (χ1n) is 22.4. The van der Waals surface area contributed by atoms with Crippen LogP contribution in [0.15, 0.2) is 177 Å². The van der Waals surface area contributed by atoms with Crippen LogP contribution in [-0.4, -0.2) is 4.57 Å². The first-order chi connectivity index (χ1) is 32.8. The van der Waals surface area contributed by atoms with Crippen molar-refractivity contribution >= 4 is 67.3 Å². The van der Waals surface area contributed by atoms with Gasteiger partial charge in [-0.3, -0.25) is 0 Å². The molecule has 11 heteroatoms. The quantitative estimate of drug-likeness (QED) is 0.132. The minimum atomic E-state index is 0. The van der Waals surface area contributed by atoms with E-state index in [0.29, 0.717) is 0 Å². The molecular formula is C58H45N9Pt2. The molecule has 1 aromatic heterocycles. The van der Waals surface area contributed by atoms with E-state index < -0.39 is 0 Å². The minimum Gasteiger partial charge on any atom is -0.519 e. The maximum absolute atomic E-state index is 3.86. The Hall–Kier alpha value is -6.92. The molecule has 0 saturated carbocycles. The summed E-state index contributed by atoms with van der Waals surface area (Å²) in [5.41, 5.74) is 15.2. The fourth-order valence-corrected chi connectivity index (χ4v) is 8.70. The summed E-state index contributed by atoms with van der Waals surface area (Å²) >= 11 is 0. The number of hydrogen-bond acceptors (Lipinski definition) is 8. The van der Waals surface area contributed by atoms with Crippen molar-refractivity contribution in [2.45, 2.75) is 27.7 Å². The SMILES string of the molecule is Cc1ccc(N2C=CN(c3[c-]c4c(cc3)c3ccc(N5C=CN(c6ccc(C)cc6)[CH-]5)[c-]c3n4-c3[c-]c(N4C=CN(c5ccc(C)cc5)[CH-]4)cc(N4C=CN(c5ccc(C)cc5)[CH-]4)[c-]3)[CH-]2)cc1.[Pt+4].[Pt+4]. The number of hydrogen-bond donors (Lipinski definition) is 0. The summed E-state index contributed by atoms with van der Waals surface area (Å²) in [5.74, 6) is 0. The van der Waals surface area contributed by atoms with Crippen LogP contribution >= 0.6 is 0 Å². The van der Waals surface area contributed by atoms with Crippen molar-refractivity contribution in [1.82, 2.24) is 4.57 Å². The van der Waals surface area contributed by atoms with Crippen molar-refractivity contribution < 1.29 is 42.1 Å². The number of fused-ring (bicyclic) bond motifs is 3. The zero-order valence-electron chi connectivity index (χ0n) is 38.2. The Labute approximate surface area is 433 Å². The summed E-state index contributed by atoms with van der Waals surface area (Å²) in [5, 5.41) is 2.10. The zero-order valence-corrected chi connectivity index (χ0v) is 42.8. The van der Waals surface area contributed by atoms with Crippen molar-refractivity contribution in [2.24, 2.45) is 0 Å². The summed E-state index contributed by atoms with van der Waals surface area (Å²) in [6, 6.07) is 60.4. The summed E-state index contributed by atoms with van der Waals surface area (Å²) in [4.78, 5) is 17.0. The molecule has 7 aromatic carbocycles. The molecule has 12 rings (SSSR count). The fraction of sp³-hybridized carbons (Fsp3) is 0.0690. The van der Waals surface area contributed by atoms with Gasteiger partial charge in [-0.15, -0.1) is 50.2 Å². The van der Waals surface area contributed by atoms with E-state index in [1.165, 1.54) is 22.3 Å². The van der Waals surface area contributed by atoms with Crippen LogP contribution in [0.4, 0.5) is 45.5 Å². The molecule has 4 aliphatic heterocycles. The summed E-state index contributed by atoms with van der Waals surface area (Å²) in [7, 11) is 0. The van der Waals surface area contributed by atoms with Gasteiger partial charge in [-0.1, -0.05) is 81.8 Å². The number of rotatable bonds is 9. The molecular weight excluding hydrogens is 1210 g/mol. The monoisotopic (exact) mass is 1260 g/mol. The van der Waals surface area contributed by atoms with E-state index in [1.807, 2.05) is 0 Å². The maximum Gasteiger partial charge on any atom is 4.00 e. The van der Waals surface area contributed by atoms with E-state index in [2.05, 4.69) is 299 Å². The Morgan fingerprint density at radius 3 is 0.884 bits per heavy atom. The minimum absolute atomic E-state index is 0. The van der Waals surface area contributed by atoms with E-state index in [0.717, 1.165) is 73.0 Å². The van der Waals surface area contributed by atoms with Gasteiger partial charge in [0.2, 0.25) is 0 Å². The average Bonchev–Trinajstić information content (AvgIpc) is 4.22. The number of anilines is 8. The standard InChI is InChI=1S/C58H45N9.2Pt/c1-42-5-13-46(14-6-42)59-25-29-63(38-59)50-21-23-55-56-24-22-51(64-30-26-60(39-64)47-15-7-43(2)8-16-47)37-58(56)67(57(55)36-50)54-34-52(65-31-27-61(40-65)48-17-9-44(3)10-18-48)33-53(35-54)66-32-28-62(41-66)49-19-11-45(4)12-20-49;;/h5-33,38-41H,1-4H3;;/q-8;2*+4. The van der Waals surface area contributed by atoms with Crippen LogP contribution in [0.2, 0.25) is 0 Å². The van der Waals surface area contributed by atoms with E-state index >= 15 is 0 Å². The van der Waals surface area contributed by atoms with Gasteiger partial charge in [0.1, 0.15) is 0 Å². The third-order valence-corrected chi connectivity index (χ3v) is 12.5. The van der Waals surface area contributed by atoms with Gasteiger partial charge in [0, 0.05) is 22.7 Å². The summed E-state index contributed by atoms with van der Waals surface area (Å²) < 4.78 is 2.22. The molecule has 8 aromatic rings. The number of nitrogens with zero attached hydrogens (tertiary/aromatic N) is 9. The predicted molar refractivity (Wildman–Crippen MR) is 274 cm³/mol. The summed E-state index contributed by atoms with van der Waals surface area (Å²) in [6.07, 6.45) is 16.6. The van der Waals surface area contributed by atoms with Gasteiger partial charge in [-0.25, -0.2) is 23.1 Å².